The molecule has 1 aliphatic heterocycles. The van der Waals surface area contributed by atoms with Crippen molar-refractivity contribution in [2.75, 3.05) is 13.1 Å². The number of ketones is 1. The average molecular weight is 264 g/mol. The van der Waals surface area contributed by atoms with Crippen molar-refractivity contribution in [2.24, 2.45) is 11.3 Å². The smallest absolute Gasteiger partial charge is 0.140 e. The van der Waals surface area contributed by atoms with E-state index in [1.165, 1.54) is 12.8 Å². The lowest BCUT2D eigenvalue weighted by molar-refractivity contribution is -0.120. The molecule has 1 atom stereocenters. The number of carbonyl (C=O) groups excluding carboxylic acids is 1. The van der Waals surface area contributed by atoms with Crippen LogP contribution in [0.5, 0.6) is 0 Å². The third-order valence-corrected chi connectivity index (χ3v) is 4.68. The average Bonchev–Trinajstić information content (AvgIpc) is 3.04. The molecular weight excluding hydrogens is 246 g/mol. The Balaban J connectivity index is 1.63. The molecule has 1 saturated heterocycles. The molecule has 0 bridgehead atoms. The number of hydrogen-bond acceptors (Lipinski definition) is 2. The van der Waals surface area contributed by atoms with Gasteiger partial charge in [-0.05, 0) is 55.5 Å². The van der Waals surface area contributed by atoms with Crippen LogP contribution in [-0.2, 0) is 11.2 Å². The normalized spacial score (nSPS) is 25.1. The largest absolute Gasteiger partial charge is 0.317 e. The van der Waals surface area contributed by atoms with Gasteiger partial charge in [-0.3, -0.25) is 4.79 Å². The third kappa shape index (κ3) is 2.32. The van der Waals surface area contributed by atoms with Gasteiger partial charge in [-0.15, -0.1) is 0 Å². The second kappa shape index (κ2) is 4.67. The Hall–Kier alpha value is -0.860. The van der Waals surface area contributed by atoms with E-state index in [0.29, 0.717) is 28.6 Å². The molecule has 0 aromatic heterocycles. The number of nitrogens with one attached hydrogen (secondary N) is 1. The van der Waals surface area contributed by atoms with Gasteiger partial charge in [0.25, 0.3) is 0 Å². The number of halogens is 1. The Morgan fingerprint density at radius 1 is 1.39 bits per heavy atom. The molecule has 1 unspecified atom stereocenters. The summed E-state index contributed by atoms with van der Waals surface area (Å²) in [6.07, 6.45) is 3.98. The summed E-state index contributed by atoms with van der Waals surface area (Å²) in [5, 5.41) is 4.08. The SMILES string of the molecule is O=C(Cc1cccc(Cl)c1)C1CC12CCNCC2. The van der Waals surface area contributed by atoms with Crippen LogP contribution in [0.4, 0.5) is 0 Å². The van der Waals surface area contributed by atoms with E-state index in [1.807, 2.05) is 24.3 Å². The number of carbonyl (C=O) groups is 1. The number of hydrogen-bond donors (Lipinski definition) is 1. The Morgan fingerprint density at radius 3 is 2.89 bits per heavy atom. The highest BCUT2D eigenvalue weighted by Gasteiger charge is 2.56. The molecule has 1 aromatic carbocycles. The van der Waals surface area contributed by atoms with Gasteiger partial charge in [0.1, 0.15) is 5.78 Å². The fourth-order valence-corrected chi connectivity index (χ4v) is 3.46. The Morgan fingerprint density at radius 2 is 2.17 bits per heavy atom. The molecule has 1 saturated carbocycles. The molecule has 3 rings (SSSR count). The van der Waals surface area contributed by atoms with Crippen molar-refractivity contribution in [3.05, 3.63) is 34.9 Å². The van der Waals surface area contributed by atoms with Crippen LogP contribution in [0.2, 0.25) is 5.02 Å². The zero-order valence-electron chi connectivity index (χ0n) is 10.4. The van der Waals surface area contributed by atoms with Gasteiger partial charge in [0.2, 0.25) is 0 Å². The van der Waals surface area contributed by atoms with Crippen LogP contribution >= 0.6 is 11.6 Å². The molecule has 1 spiro atoms. The van der Waals surface area contributed by atoms with Gasteiger partial charge < -0.3 is 5.32 Å². The zero-order chi connectivity index (χ0) is 12.6. The van der Waals surface area contributed by atoms with Crippen LogP contribution in [0, 0.1) is 11.3 Å². The van der Waals surface area contributed by atoms with E-state index >= 15 is 0 Å². The summed E-state index contributed by atoms with van der Waals surface area (Å²) in [7, 11) is 0. The summed E-state index contributed by atoms with van der Waals surface area (Å²) >= 11 is 5.95. The van der Waals surface area contributed by atoms with Crippen molar-refractivity contribution >= 4 is 17.4 Å². The maximum Gasteiger partial charge on any atom is 0.140 e. The molecule has 0 amide bonds. The minimum Gasteiger partial charge on any atom is -0.317 e. The summed E-state index contributed by atoms with van der Waals surface area (Å²) in [4.78, 5) is 12.3. The molecule has 2 fully saturated rings. The van der Waals surface area contributed by atoms with Gasteiger partial charge in [0, 0.05) is 17.4 Å². The van der Waals surface area contributed by atoms with Gasteiger partial charge in [-0.2, -0.15) is 0 Å². The Kier molecular flexibility index (Phi) is 3.16. The van der Waals surface area contributed by atoms with Gasteiger partial charge in [-0.25, -0.2) is 0 Å². The number of Topliss-reactive ketones (excluding diaryl/α,β-unsaturated/α-hetero) is 1. The van der Waals surface area contributed by atoms with E-state index in [4.69, 9.17) is 11.6 Å². The summed E-state index contributed by atoms with van der Waals surface area (Å²) < 4.78 is 0. The molecule has 1 N–H and O–H groups in total. The van der Waals surface area contributed by atoms with Gasteiger partial charge >= 0.3 is 0 Å². The second-order valence-corrected chi connectivity index (χ2v) is 6.08. The van der Waals surface area contributed by atoms with Gasteiger partial charge in [0.05, 0.1) is 0 Å². The minimum atomic E-state index is 0.304. The van der Waals surface area contributed by atoms with Crippen molar-refractivity contribution < 1.29 is 4.79 Å². The molecule has 96 valence electrons. The summed E-state index contributed by atoms with van der Waals surface area (Å²) in [6, 6.07) is 7.65. The van der Waals surface area contributed by atoms with Crippen molar-refractivity contribution in [1.29, 1.82) is 0 Å². The first kappa shape index (κ1) is 12.2. The topological polar surface area (TPSA) is 29.1 Å². The van der Waals surface area contributed by atoms with E-state index < -0.39 is 0 Å². The van der Waals surface area contributed by atoms with Crippen LogP contribution in [0.3, 0.4) is 0 Å². The molecule has 0 radical (unpaired) electrons. The highest BCUT2D eigenvalue weighted by molar-refractivity contribution is 6.30. The van der Waals surface area contributed by atoms with Gasteiger partial charge in [-0.1, -0.05) is 23.7 Å². The first-order valence-electron chi connectivity index (χ1n) is 6.67. The van der Waals surface area contributed by atoms with Crippen LogP contribution in [-0.4, -0.2) is 18.9 Å². The lowest BCUT2D eigenvalue weighted by Gasteiger charge is -2.23. The lowest BCUT2D eigenvalue weighted by Crippen LogP contribution is -2.30. The maximum atomic E-state index is 12.3. The van der Waals surface area contributed by atoms with Crippen molar-refractivity contribution in [3.63, 3.8) is 0 Å². The van der Waals surface area contributed by atoms with Crippen LogP contribution in [0.15, 0.2) is 24.3 Å². The van der Waals surface area contributed by atoms with Crippen molar-refractivity contribution in [3.8, 4) is 0 Å². The fraction of sp³-hybridized carbons (Fsp3) is 0.533. The molecule has 2 aliphatic rings. The van der Waals surface area contributed by atoms with E-state index in [0.717, 1.165) is 25.1 Å². The van der Waals surface area contributed by atoms with Crippen molar-refractivity contribution in [1.82, 2.24) is 5.32 Å². The number of rotatable bonds is 3. The maximum absolute atomic E-state index is 12.3. The molecule has 18 heavy (non-hydrogen) atoms. The predicted octanol–water partition coefficient (Wildman–Crippen LogP) is 2.84. The Bertz CT molecular complexity index is 465. The summed E-state index contributed by atoms with van der Waals surface area (Å²) in [6.45, 7) is 2.14. The standard InChI is InChI=1S/C15H18ClNO/c16-12-3-1-2-11(8-12)9-14(18)13-10-15(13)4-6-17-7-5-15/h1-3,8,13,17H,4-7,9-10H2. The Labute approximate surface area is 113 Å². The number of benzene rings is 1. The third-order valence-electron chi connectivity index (χ3n) is 4.45. The molecule has 2 nitrogen and oxygen atoms in total. The molecule has 3 heteroatoms. The first-order chi connectivity index (χ1) is 8.70. The highest BCUT2D eigenvalue weighted by atomic mass is 35.5. The fourth-order valence-electron chi connectivity index (χ4n) is 3.25. The lowest BCUT2D eigenvalue weighted by atomic mass is 9.89. The summed E-state index contributed by atoms with van der Waals surface area (Å²) in [5.74, 6) is 0.706. The number of piperidine rings is 1. The van der Waals surface area contributed by atoms with Crippen LogP contribution in [0.1, 0.15) is 24.8 Å². The zero-order valence-corrected chi connectivity index (χ0v) is 11.2. The van der Waals surface area contributed by atoms with Crippen LogP contribution in [0.25, 0.3) is 0 Å². The minimum absolute atomic E-state index is 0.304. The molecule has 1 heterocycles. The molecule has 1 aliphatic carbocycles. The molecule has 1 aromatic rings. The summed E-state index contributed by atoms with van der Waals surface area (Å²) in [5.41, 5.74) is 1.39. The quantitative estimate of drug-likeness (QED) is 0.909. The first-order valence-corrected chi connectivity index (χ1v) is 7.05. The van der Waals surface area contributed by atoms with E-state index in [-0.39, 0.29) is 0 Å². The van der Waals surface area contributed by atoms with Crippen LogP contribution < -0.4 is 5.32 Å². The predicted molar refractivity (Wildman–Crippen MR) is 72.8 cm³/mol. The van der Waals surface area contributed by atoms with E-state index in [9.17, 15) is 4.79 Å². The van der Waals surface area contributed by atoms with E-state index in [2.05, 4.69) is 5.32 Å². The van der Waals surface area contributed by atoms with Crippen molar-refractivity contribution in [2.45, 2.75) is 25.7 Å². The second-order valence-electron chi connectivity index (χ2n) is 5.64. The van der Waals surface area contributed by atoms with Gasteiger partial charge in [0.15, 0.2) is 0 Å². The monoisotopic (exact) mass is 263 g/mol. The molecular formula is C15H18ClNO. The van der Waals surface area contributed by atoms with E-state index in [1.54, 1.807) is 0 Å². The highest BCUT2D eigenvalue weighted by Crippen LogP contribution is 2.59.